The summed E-state index contributed by atoms with van der Waals surface area (Å²) in [6.07, 6.45) is 1.29. The van der Waals surface area contributed by atoms with Crippen molar-refractivity contribution in [2.75, 3.05) is 26.2 Å². The molecule has 1 atom stereocenters. The van der Waals surface area contributed by atoms with Crippen LogP contribution in [0.3, 0.4) is 0 Å². The number of amides is 1. The number of halogens is 2. The molecule has 6 nitrogen and oxygen atoms in total. The molecule has 3 rings (SSSR count). The molecule has 2 aromatic rings. The van der Waals surface area contributed by atoms with Crippen LogP contribution in [0, 0.1) is 19.8 Å². The Labute approximate surface area is 199 Å². The van der Waals surface area contributed by atoms with E-state index in [1.54, 1.807) is 18.2 Å². The molecule has 174 valence electrons. The average molecular weight is 499 g/mol. The predicted molar refractivity (Wildman–Crippen MR) is 128 cm³/mol. The molecule has 1 amide bonds. The molecule has 1 heterocycles. The fourth-order valence-corrected chi connectivity index (χ4v) is 5.62. The third-order valence-corrected chi connectivity index (χ3v) is 8.25. The molecule has 1 saturated heterocycles. The molecule has 0 aromatic heterocycles. The third-order valence-electron chi connectivity index (χ3n) is 5.70. The van der Waals surface area contributed by atoms with Crippen molar-refractivity contribution in [3.8, 4) is 5.75 Å². The summed E-state index contributed by atoms with van der Waals surface area (Å²) in [5, 5.41) is 3.57. The Morgan fingerprint density at radius 1 is 1.19 bits per heavy atom. The molecule has 0 saturated carbocycles. The SMILES string of the molecule is Cc1cccc(OCCNC(=O)C2CCCN(S(=O)(=O)Cc3ccc(Cl)c(Cl)c3)C2)c1C. The summed E-state index contributed by atoms with van der Waals surface area (Å²) < 4.78 is 33.0. The van der Waals surface area contributed by atoms with Gasteiger partial charge in [-0.05, 0) is 61.6 Å². The first kappa shape index (κ1) is 24.8. The van der Waals surface area contributed by atoms with Crippen molar-refractivity contribution >= 4 is 39.1 Å². The number of rotatable bonds is 8. The summed E-state index contributed by atoms with van der Waals surface area (Å²) in [4.78, 5) is 12.6. The highest BCUT2D eigenvalue weighted by atomic mass is 35.5. The van der Waals surface area contributed by atoms with E-state index in [9.17, 15) is 13.2 Å². The van der Waals surface area contributed by atoms with Crippen molar-refractivity contribution in [2.24, 2.45) is 5.92 Å². The molecule has 0 spiro atoms. The van der Waals surface area contributed by atoms with E-state index in [0.717, 1.165) is 16.9 Å². The first-order chi connectivity index (χ1) is 15.2. The number of piperidine rings is 1. The van der Waals surface area contributed by atoms with Gasteiger partial charge in [-0.2, -0.15) is 0 Å². The highest BCUT2D eigenvalue weighted by molar-refractivity contribution is 7.88. The van der Waals surface area contributed by atoms with Gasteiger partial charge in [0.25, 0.3) is 0 Å². The third kappa shape index (κ3) is 6.38. The van der Waals surface area contributed by atoms with Crippen LogP contribution in [0.15, 0.2) is 36.4 Å². The first-order valence-electron chi connectivity index (χ1n) is 10.6. The van der Waals surface area contributed by atoms with Crippen molar-refractivity contribution in [2.45, 2.75) is 32.4 Å². The highest BCUT2D eigenvalue weighted by Gasteiger charge is 2.32. The maximum absolute atomic E-state index is 12.9. The molecule has 1 fully saturated rings. The van der Waals surface area contributed by atoms with Gasteiger partial charge in [-0.1, -0.05) is 41.4 Å². The number of carbonyl (C=O) groups excluding carboxylic acids is 1. The maximum atomic E-state index is 12.9. The number of hydrogen-bond acceptors (Lipinski definition) is 4. The van der Waals surface area contributed by atoms with E-state index in [1.807, 2.05) is 32.0 Å². The number of aryl methyl sites for hydroxylation is 1. The summed E-state index contributed by atoms with van der Waals surface area (Å²) >= 11 is 11.9. The van der Waals surface area contributed by atoms with E-state index in [2.05, 4.69) is 5.32 Å². The van der Waals surface area contributed by atoms with Crippen LogP contribution in [0.5, 0.6) is 5.75 Å². The fourth-order valence-electron chi connectivity index (χ4n) is 3.70. The van der Waals surface area contributed by atoms with Crippen LogP contribution in [0.25, 0.3) is 0 Å². The zero-order chi connectivity index (χ0) is 23.3. The van der Waals surface area contributed by atoms with Gasteiger partial charge in [0, 0.05) is 13.1 Å². The minimum absolute atomic E-state index is 0.149. The van der Waals surface area contributed by atoms with Crippen molar-refractivity contribution in [3.05, 3.63) is 63.1 Å². The molecule has 1 N–H and O–H groups in total. The minimum Gasteiger partial charge on any atom is -0.491 e. The fraction of sp³-hybridized carbons (Fsp3) is 0.435. The average Bonchev–Trinajstić information content (AvgIpc) is 2.76. The molecule has 0 bridgehead atoms. The lowest BCUT2D eigenvalue weighted by Crippen LogP contribution is -2.46. The van der Waals surface area contributed by atoms with Gasteiger partial charge in [-0.15, -0.1) is 0 Å². The van der Waals surface area contributed by atoms with Gasteiger partial charge in [-0.25, -0.2) is 12.7 Å². The summed E-state index contributed by atoms with van der Waals surface area (Å²) in [5.74, 6) is 0.0931. The summed E-state index contributed by atoms with van der Waals surface area (Å²) in [5.41, 5.74) is 2.79. The van der Waals surface area contributed by atoms with Gasteiger partial charge < -0.3 is 10.1 Å². The molecule has 0 aliphatic carbocycles. The maximum Gasteiger partial charge on any atom is 0.224 e. The van der Waals surface area contributed by atoms with Crippen molar-refractivity contribution < 1.29 is 17.9 Å². The number of nitrogens with zero attached hydrogens (tertiary/aromatic N) is 1. The van der Waals surface area contributed by atoms with Crippen molar-refractivity contribution in [1.29, 1.82) is 0 Å². The first-order valence-corrected chi connectivity index (χ1v) is 12.9. The Morgan fingerprint density at radius 2 is 1.97 bits per heavy atom. The van der Waals surface area contributed by atoms with Crippen LogP contribution in [0.1, 0.15) is 29.5 Å². The van der Waals surface area contributed by atoms with Gasteiger partial charge in [0.2, 0.25) is 15.9 Å². The number of sulfonamides is 1. The molecule has 1 unspecified atom stereocenters. The van der Waals surface area contributed by atoms with Crippen LogP contribution in [-0.2, 0) is 20.6 Å². The molecule has 2 aromatic carbocycles. The summed E-state index contributed by atoms with van der Waals surface area (Å²) in [7, 11) is -3.58. The van der Waals surface area contributed by atoms with Gasteiger partial charge in [-0.3, -0.25) is 4.79 Å². The Bertz CT molecular complexity index is 1080. The van der Waals surface area contributed by atoms with E-state index in [0.29, 0.717) is 48.1 Å². The summed E-state index contributed by atoms with van der Waals surface area (Å²) in [6.45, 7) is 5.31. The molecule has 0 radical (unpaired) electrons. The van der Waals surface area contributed by atoms with E-state index in [4.69, 9.17) is 27.9 Å². The van der Waals surface area contributed by atoms with E-state index in [-0.39, 0.29) is 24.1 Å². The molecule has 1 aliphatic rings. The smallest absolute Gasteiger partial charge is 0.224 e. The van der Waals surface area contributed by atoms with Crippen molar-refractivity contribution in [3.63, 3.8) is 0 Å². The van der Waals surface area contributed by atoms with E-state index in [1.165, 1.54) is 4.31 Å². The normalized spacial score (nSPS) is 17.2. The van der Waals surface area contributed by atoms with Crippen molar-refractivity contribution in [1.82, 2.24) is 9.62 Å². The number of benzene rings is 2. The Kier molecular flexibility index (Phi) is 8.44. The van der Waals surface area contributed by atoms with Crippen LogP contribution in [0.2, 0.25) is 10.0 Å². The molecule has 9 heteroatoms. The second kappa shape index (κ2) is 10.9. The quantitative estimate of drug-likeness (QED) is 0.549. The molecule has 1 aliphatic heterocycles. The number of hydrogen-bond donors (Lipinski definition) is 1. The lowest BCUT2D eigenvalue weighted by Gasteiger charge is -2.31. The largest absolute Gasteiger partial charge is 0.491 e. The van der Waals surface area contributed by atoms with Gasteiger partial charge >= 0.3 is 0 Å². The van der Waals surface area contributed by atoms with E-state index >= 15 is 0 Å². The highest BCUT2D eigenvalue weighted by Crippen LogP contribution is 2.26. The number of nitrogens with one attached hydrogen (secondary N) is 1. The van der Waals surface area contributed by atoms with Crippen LogP contribution < -0.4 is 10.1 Å². The molecule has 32 heavy (non-hydrogen) atoms. The minimum atomic E-state index is -3.58. The Morgan fingerprint density at radius 3 is 2.72 bits per heavy atom. The van der Waals surface area contributed by atoms with Crippen LogP contribution >= 0.6 is 23.2 Å². The lowest BCUT2D eigenvalue weighted by molar-refractivity contribution is -0.126. The zero-order valence-electron chi connectivity index (χ0n) is 18.2. The van der Waals surface area contributed by atoms with Gasteiger partial charge in [0.05, 0.1) is 28.3 Å². The second-order valence-electron chi connectivity index (χ2n) is 8.04. The number of ether oxygens (including phenoxy) is 1. The molecular weight excluding hydrogens is 471 g/mol. The summed E-state index contributed by atoms with van der Waals surface area (Å²) in [6, 6.07) is 10.7. The van der Waals surface area contributed by atoms with Gasteiger partial charge in [0.1, 0.15) is 12.4 Å². The second-order valence-corrected chi connectivity index (χ2v) is 10.8. The Hall–Kier alpha value is -1.80. The van der Waals surface area contributed by atoms with Crippen LogP contribution in [0.4, 0.5) is 0 Å². The predicted octanol–water partition coefficient (Wildman–Crippen LogP) is 4.35. The molecular formula is C23H28Cl2N2O4S. The van der Waals surface area contributed by atoms with Crippen LogP contribution in [-0.4, -0.2) is 44.9 Å². The van der Waals surface area contributed by atoms with Gasteiger partial charge in [0.15, 0.2) is 0 Å². The zero-order valence-corrected chi connectivity index (χ0v) is 20.6. The standard InChI is InChI=1S/C23H28Cl2N2O4S/c1-16-5-3-7-22(17(16)2)31-12-10-26-23(28)19-6-4-11-27(14-19)32(29,30)15-18-8-9-20(24)21(25)13-18/h3,5,7-9,13,19H,4,6,10-12,14-15H2,1-2H3,(H,26,28). The number of carbonyl (C=O) groups is 1. The lowest BCUT2D eigenvalue weighted by atomic mass is 9.99. The topological polar surface area (TPSA) is 75.7 Å². The van der Waals surface area contributed by atoms with E-state index < -0.39 is 10.0 Å². The Balaban J connectivity index is 1.51. The monoisotopic (exact) mass is 498 g/mol.